The number of aliphatic hydroxyl groups excluding tert-OH is 3. The van der Waals surface area contributed by atoms with Crippen LogP contribution in [0.5, 0.6) is 0 Å². The van der Waals surface area contributed by atoms with Crippen molar-refractivity contribution in [1.29, 1.82) is 0 Å². The Kier molecular flexibility index (Phi) is 3.25. The number of aliphatic hydroxyl groups is 3. The van der Waals surface area contributed by atoms with Crippen molar-refractivity contribution in [2.24, 2.45) is 0 Å². The van der Waals surface area contributed by atoms with Gasteiger partial charge in [0, 0.05) is 11.6 Å². The molecule has 0 amide bonds. The van der Waals surface area contributed by atoms with E-state index in [1.54, 1.807) is 0 Å². The first-order valence-corrected chi connectivity index (χ1v) is 4.31. The van der Waals surface area contributed by atoms with Crippen LogP contribution in [-0.2, 0) is 4.74 Å². The first kappa shape index (κ1) is 10.1. The van der Waals surface area contributed by atoms with Crippen LogP contribution >= 0.6 is 15.9 Å². The van der Waals surface area contributed by atoms with Crippen molar-refractivity contribution in [2.45, 2.75) is 24.4 Å². The Morgan fingerprint density at radius 1 is 1.33 bits per heavy atom. The summed E-state index contributed by atoms with van der Waals surface area (Å²) in [4.78, 5) is 0. The Hall–Kier alpha value is 0.0600. The molecule has 4 atom stereocenters. The van der Waals surface area contributed by atoms with Gasteiger partial charge >= 0.3 is 0 Å². The van der Waals surface area contributed by atoms with E-state index in [4.69, 9.17) is 9.84 Å². The summed E-state index contributed by atoms with van der Waals surface area (Å²) in [5.74, 6) is 0. The van der Waals surface area contributed by atoms with Crippen molar-refractivity contribution in [1.82, 2.24) is 0 Å². The lowest BCUT2D eigenvalue weighted by Gasteiger charge is -2.32. The van der Waals surface area contributed by atoms with Crippen LogP contribution in [0, 0.1) is 0 Å². The summed E-state index contributed by atoms with van der Waals surface area (Å²) in [6.07, 6.45) is -2.50. The van der Waals surface area contributed by atoms with E-state index in [0.717, 1.165) is 0 Å². The van der Waals surface area contributed by atoms with Crippen molar-refractivity contribution in [2.75, 3.05) is 7.11 Å². The summed E-state index contributed by atoms with van der Waals surface area (Å²) in [6.45, 7) is 0. The second-order valence-corrected chi connectivity index (χ2v) is 3.60. The average Bonchev–Trinajstić information content (AvgIpc) is 2.01. The Morgan fingerprint density at radius 3 is 2.42 bits per heavy atom. The lowest BCUT2D eigenvalue weighted by atomic mass is 9.96. The predicted octanol–water partition coefficient (Wildman–Crippen LogP) is -0.623. The summed E-state index contributed by atoms with van der Waals surface area (Å²) in [6, 6.07) is 0. The van der Waals surface area contributed by atoms with Crippen LogP contribution in [0.25, 0.3) is 0 Å². The molecular weight excluding hydrogens is 228 g/mol. The second-order valence-electron chi connectivity index (χ2n) is 2.68. The Labute approximate surface area is 78.6 Å². The van der Waals surface area contributed by atoms with Gasteiger partial charge in [0.05, 0.1) is 0 Å². The molecule has 1 aliphatic rings. The summed E-state index contributed by atoms with van der Waals surface area (Å²) in [5, 5.41) is 27.8. The van der Waals surface area contributed by atoms with Crippen molar-refractivity contribution in [3.05, 3.63) is 10.6 Å². The van der Waals surface area contributed by atoms with Gasteiger partial charge in [0.1, 0.15) is 24.4 Å². The van der Waals surface area contributed by atoms with Crippen LogP contribution in [0.2, 0.25) is 0 Å². The van der Waals surface area contributed by atoms with E-state index >= 15 is 0 Å². The van der Waals surface area contributed by atoms with E-state index < -0.39 is 24.4 Å². The Balaban J connectivity index is 2.84. The van der Waals surface area contributed by atoms with Gasteiger partial charge in [0.2, 0.25) is 0 Å². The van der Waals surface area contributed by atoms with Gasteiger partial charge in [-0.25, -0.2) is 0 Å². The quantitative estimate of drug-likeness (QED) is 0.570. The molecule has 0 spiro atoms. The number of methoxy groups -OCH3 is 1. The zero-order valence-corrected chi connectivity index (χ0v) is 8.10. The third kappa shape index (κ3) is 1.70. The van der Waals surface area contributed by atoms with Crippen LogP contribution in [0.3, 0.4) is 0 Å². The maximum absolute atomic E-state index is 9.37. The van der Waals surface area contributed by atoms with Crippen LogP contribution in [0.15, 0.2) is 10.6 Å². The number of hydrogen-bond acceptors (Lipinski definition) is 4. The first-order chi connectivity index (χ1) is 5.57. The molecule has 5 heteroatoms. The smallest absolute Gasteiger partial charge is 0.117 e. The fraction of sp³-hybridized carbons (Fsp3) is 0.714. The van der Waals surface area contributed by atoms with Gasteiger partial charge in [-0.15, -0.1) is 0 Å². The van der Waals surface area contributed by atoms with E-state index in [-0.39, 0.29) is 0 Å². The predicted molar refractivity (Wildman–Crippen MR) is 45.8 cm³/mol. The number of hydrogen-bond donors (Lipinski definition) is 3. The SMILES string of the molecule is CO[C@@H]1C(Br)=C[C@@H](O)[C@@H](O)[C@@H]1O. The normalized spacial score (nSPS) is 42.6. The van der Waals surface area contributed by atoms with Crippen LogP contribution in [0.1, 0.15) is 0 Å². The molecule has 0 aromatic heterocycles. The van der Waals surface area contributed by atoms with Gasteiger partial charge in [0.25, 0.3) is 0 Å². The molecule has 0 unspecified atom stereocenters. The molecule has 1 rings (SSSR count). The molecule has 0 fully saturated rings. The van der Waals surface area contributed by atoms with E-state index in [0.29, 0.717) is 4.48 Å². The largest absolute Gasteiger partial charge is 0.387 e. The molecule has 12 heavy (non-hydrogen) atoms. The lowest BCUT2D eigenvalue weighted by Crippen LogP contribution is -2.48. The standard InChI is InChI=1S/C7H11BrO4/c1-12-7-3(8)2-4(9)5(10)6(7)11/h2,4-7,9-11H,1H3/t4-,5-,6+,7-/m1/s1. The number of ether oxygens (including phenoxy) is 1. The van der Waals surface area contributed by atoms with Gasteiger partial charge in [-0.3, -0.25) is 0 Å². The molecule has 0 heterocycles. The molecule has 0 saturated carbocycles. The molecule has 4 nitrogen and oxygen atoms in total. The number of halogens is 1. The number of rotatable bonds is 1. The molecule has 0 aliphatic heterocycles. The first-order valence-electron chi connectivity index (χ1n) is 3.52. The van der Waals surface area contributed by atoms with Crippen LogP contribution in [-0.4, -0.2) is 46.8 Å². The van der Waals surface area contributed by atoms with Crippen molar-refractivity contribution in [3.63, 3.8) is 0 Å². The molecule has 0 saturated heterocycles. The zero-order chi connectivity index (χ0) is 9.30. The maximum atomic E-state index is 9.37. The molecule has 1 aliphatic carbocycles. The summed E-state index contributed by atoms with van der Waals surface area (Å²) >= 11 is 3.13. The molecule has 0 bridgehead atoms. The van der Waals surface area contributed by atoms with Crippen molar-refractivity contribution in [3.8, 4) is 0 Å². The molecule has 0 aromatic rings. The minimum Gasteiger partial charge on any atom is -0.387 e. The Morgan fingerprint density at radius 2 is 1.92 bits per heavy atom. The molecule has 0 aromatic carbocycles. The van der Waals surface area contributed by atoms with E-state index in [2.05, 4.69) is 15.9 Å². The molecular formula is C7H11BrO4. The van der Waals surface area contributed by atoms with Gasteiger partial charge < -0.3 is 20.1 Å². The lowest BCUT2D eigenvalue weighted by molar-refractivity contribution is -0.0991. The Bertz CT molecular complexity index is 194. The highest BCUT2D eigenvalue weighted by Crippen LogP contribution is 2.26. The topological polar surface area (TPSA) is 69.9 Å². The van der Waals surface area contributed by atoms with Crippen molar-refractivity contribution >= 4 is 15.9 Å². The fourth-order valence-corrected chi connectivity index (χ4v) is 1.88. The highest BCUT2D eigenvalue weighted by molar-refractivity contribution is 9.11. The minimum absolute atomic E-state index is 0.551. The summed E-state index contributed by atoms with van der Waals surface area (Å²) < 4.78 is 5.45. The summed E-state index contributed by atoms with van der Waals surface area (Å²) in [7, 11) is 1.42. The van der Waals surface area contributed by atoms with Gasteiger partial charge in [-0.1, -0.05) is 15.9 Å². The van der Waals surface area contributed by atoms with E-state index in [1.807, 2.05) is 0 Å². The van der Waals surface area contributed by atoms with Crippen LogP contribution < -0.4 is 0 Å². The third-order valence-corrected chi connectivity index (χ3v) is 2.58. The minimum atomic E-state index is -1.18. The van der Waals surface area contributed by atoms with E-state index in [9.17, 15) is 10.2 Å². The van der Waals surface area contributed by atoms with E-state index in [1.165, 1.54) is 13.2 Å². The maximum Gasteiger partial charge on any atom is 0.117 e. The monoisotopic (exact) mass is 238 g/mol. The molecule has 3 N–H and O–H groups in total. The second kappa shape index (κ2) is 3.85. The zero-order valence-electron chi connectivity index (χ0n) is 6.51. The third-order valence-electron chi connectivity index (χ3n) is 1.87. The molecule has 70 valence electrons. The fourth-order valence-electron chi connectivity index (χ4n) is 1.15. The summed E-state index contributed by atoms with van der Waals surface area (Å²) in [5.41, 5.74) is 0. The van der Waals surface area contributed by atoms with Gasteiger partial charge in [-0.05, 0) is 6.08 Å². The van der Waals surface area contributed by atoms with Crippen molar-refractivity contribution < 1.29 is 20.1 Å². The van der Waals surface area contributed by atoms with Crippen LogP contribution in [0.4, 0.5) is 0 Å². The molecule has 0 radical (unpaired) electrons. The van der Waals surface area contributed by atoms with Gasteiger partial charge in [-0.2, -0.15) is 0 Å². The average molecular weight is 239 g/mol. The highest BCUT2D eigenvalue weighted by atomic mass is 79.9. The highest BCUT2D eigenvalue weighted by Gasteiger charge is 2.36. The van der Waals surface area contributed by atoms with Gasteiger partial charge in [0.15, 0.2) is 0 Å².